The number of sulfonamides is 1. The number of benzene rings is 2. The molecule has 0 unspecified atom stereocenters. The van der Waals surface area contributed by atoms with E-state index in [0.717, 1.165) is 17.4 Å². The molecular formula is C27H38ClN3O5S. The molecule has 0 radical (unpaired) electrons. The van der Waals surface area contributed by atoms with Gasteiger partial charge in [0.2, 0.25) is 21.8 Å². The Morgan fingerprint density at radius 2 is 1.81 bits per heavy atom. The van der Waals surface area contributed by atoms with Gasteiger partial charge in [-0.2, -0.15) is 0 Å². The lowest BCUT2D eigenvalue weighted by Gasteiger charge is -2.30. The molecule has 2 rings (SSSR count). The molecule has 2 aromatic rings. The van der Waals surface area contributed by atoms with Gasteiger partial charge in [-0.25, -0.2) is 8.42 Å². The minimum atomic E-state index is -3.61. The molecule has 0 heterocycles. The number of anilines is 1. The smallest absolute Gasteiger partial charge is 0.242 e. The Morgan fingerprint density at radius 1 is 1.11 bits per heavy atom. The van der Waals surface area contributed by atoms with E-state index < -0.39 is 16.1 Å². The number of amides is 2. The number of aryl methyl sites for hydroxylation is 1. The second-order valence-electron chi connectivity index (χ2n) is 9.56. The number of hydrogen-bond acceptors (Lipinski definition) is 5. The van der Waals surface area contributed by atoms with Crippen LogP contribution in [0.2, 0.25) is 5.02 Å². The van der Waals surface area contributed by atoms with E-state index in [0.29, 0.717) is 23.0 Å². The summed E-state index contributed by atoms with van der Waals surface area (Å²) in [6.45, 7) is 8.33. The van der Waals surface area contributed by atoms with E-state index in [1.54, 1.807) is 32.2 Å². The predicted octanol–water partition coefficient (Wildman–Crippen LogP) is 4.39. The van der Waals surface area contributed by atoms with Crippen LogP contribution in [0.5, 0.6) is 5.75 Å². The summed E-state index contributed by atoms with van der Waals surface area (Å²) >= 11 is 6.12. The van der Waals surface area contributed by atoms with Gasteiger partial charge in [0.05, 0.1) is 19.1 Å². The van der Waals surface area contributed by atoms with Crippen molar-refractivity contribution in [2.24, 2.45) is 5.92 Å². The van der Waals surface area contributed by atoms with E-state index in [1.807, 2.05) is 45.0 Å². The molecule has 37 heavy (non-hydrogen) atoms. The molecule has 204 valence electrons. The monoisotopic (exact) mass is 551 g/mol. The number of nitrogens with one attached hydrogen (secondary N) is 1. The highest BCUT2D eigenvalue weighted by atomic mass is 35.5. The molecule has 1 atom stereocenters. The van der Waals surface area contributed by atoms with Gasteiger partial charge in [0, 0.05) is 31.1 Å². The van der Waals surface area contributed by atoms with Crippen LogP contribution in [-0.2, 0) is 26.2 Å². The van der Waals surface area contributed by atoms with Gasteiger partial charge in [0.15, 0.2) is 0 Å². The summed E-state index contributed by atoms with van der Waals surface area (Å²) in [5, 5.41) is 3.32. The number of hydrogen-bond donors (Lipinski definition) is 1. The standard InChI is InChI=1S/C27H38ClN3O5S/c1-19(2)17-29-27(33)21(4)30(18-22-9-7-10-24(15-22)36-5)26(32)11-8-14-31(37(6,34)35)25-16-23(28)13-12-20(25)3/h7,9-10,12-13,15-16,19,21H,8,11,14,17-18H2,1-6H3,(H,29,33)/t21-/m0/s1. The van der Waals surface area contributed by atoms with Crippen molar-refractivity contribution in [3.05, 3.63) is 58.6 Å². The first kappa shape index (κ1) is 30.4. The fourth-order valence-electron chi connectivity index (χ4n) is 3.84. The Morgan fingerprint density at radius 3 is 2.43 bits per heavy atom. The van der Waals surface area contributed by atoms with Crippen LogP contribution in [0.4, 0.5) is 5.69 Å². The van der Waals surface area contributed by atoms with Crippen LogP contribution in [0.1, 0.15) is 44.7 Å². The van der Waals surface area contributed by atoms with Gasteiger partial charge < -0.3 is 15.0 Å². The quantitative estimate of drug-likeness (QED) is 0.398. The molecule has 0 aliphatic heterocycles. The van der Waals surface area contributed by atoms with Crippen LogP contribution >= 0.6 is 11.6 Å². The SMILES string of the molecule is COc1cccc(CN(C(=O)CCCN(c2cc(Cl)ccc2C)S(C)(=O)=O)[C@@H](C)C(=O)NCC(C)C)c1. The van der Waals surface area contributed by atoms with E-state index in [4.69, 9.17) is 16.3 Å². The van der Waals surface area contributed by atoms with Crippen LogP contribution < -0.4 is 14.4 Å². The molecule has 0 bridgehead atoms. The molecule has 0 saturated heterocycles. The van der Waals surface area contributed by atoms with Gasteiger partial charge in [-0.15, -0.1) is 0 Å². The number of rotatable bonds is 13. The number of carbonyl (C=O) groups is 2. The van der Waals surface area contributed by atoms with E-state index in [9.17, 15) is 18.0 Å². The topological polar surface area (TPSA) is 96.0 Å². The van der Waals surface area contributed by atoms with Gasteiger partial charge in [-0.1, -0.05) is 43.6 Å². The zero-order valence-corrected chi connectivity index (χ0v) is 24.0. The molecule has 8 nitrogen and oxygen atoms in total. The van der Waals surface area contributed by atoms with Crippen molar-refractivity contribution in [1.82, 2.24) is 10.2 Å². The third-order valence-corrected chi connectivity index (χ3v) is 7.35. The third kappa shape index (κ3) is 9.23. The third-order valence-electron chi connectivity index (χ3n) is 5.93. The Balaban J connectivity index is 2.21. The molecule has 1 N–H and O–H groups in total. The van der Waals surface area contributed by atoms with E-state index >= 15 is 0 Å². The maximum atomic E-state index is 13.4. The van der Waals surface area contributed by atoms with Gasteiger partial charge >= 0.3 is 0 Å². The van der Waals surface area contributed by atoms with Crippen LogP contribution in [0.25, 0.3) is 0 Å². The maximum Gasteiger partial charge on any atom is 0.242 e. The van der Waals surface area contributed by atoms with Crippen molar-refractivity contribution in [2.75, 3.05) is 30.8 Å². The zero-order chi connectivity index (χ0) is 27.8. The first-order valence-corrected chi connectivity index (χ1v) is 14.5. The predicted molar refractivity (Wildman–Crippen MR) is 148 cm³/mol. The minimum Gasteiger partial charge on any atom is -0.497 e. The molecule has 10 heteroatoms. The summed E-state index contributed by atoms with van der Waals surface area (Å²) in [6, 6.07) is 11.7. The highest BCUT2D eigenvalue weighted by molar-refractivity contribution is 7.92. The van der Waals surface area contributed by atoms with E-state index in [2.05, 4.69) is 5.32 Å². The van der Waals surface area contributed by atoms with Crippen molar-refractivity contribution in [2.45, 2.75) is 53.1 Å². The molecule has 2 aromatic carbocycles. The number of methoxy groups -OCH3 is 1. The summed E-state index contributed by atoms with van der Waals surface area (Å²) in [6.07, 6.45) is 1.47. The molecule has 2 amide bonds. The van der Waals surface area contributed by atoms with Gasteiger partial charge in [0.25, 0.3) is 0 Å². The number of halogens is 1. The fourth-order valence-corrected chi connectivity index (χ4v) is 5.02. The van der Waals surface area contributed by atoms with Crippen LogP contribution in [0, 0.1) is 12.8 Å². The minimum absolute atomic E-state index is 0.0669. The second-order valence-corrected chi connectivity index (χ2v) is 11.9. The molecule has 0 spiro atoms. The van der Waals surface area contributed by atoms with E-state index in [-0.39, 0.29) is 43.7 Å². The molecule has 0 aromatic heterocycles. The lowest BCUT2D eigenvalue weighted by atomic mass is 10.1. The van der Waals surface area contributed by atoms with Crippen LogP contribution in [0.15, 0.2) is 42.5 Å². The number of carbonyl (C=O) groups excluding carboxylic acids is 2. The first-order chi connectivity index (χ1) is 17.3. The van der Waals surface area contributed by atoms with Crippen LogP contribution in [0.3, 0.4) is 0 Å². The zero-order valence-electron chi connectivity index (χ0n) is 22.5. The normalized spacial score (nSPS) is 12.2. The van der Waals surface area contributed by atoms with Crippen LogP contribution in [-0.4, -0.2) is 57.6 Å². The Labute approximate surface area is 226 Å². The molecule has 0 aliphatic rings. The van der Waals surface area contributed by atoms with Gasteiger partial charge in [-0.05, 0) is 61.6 Å². The summed E-state index contributed by atoms with van der Waals surface area (Å²) in [5.74, 6) is 0.446. The lowest BCUT2D eigenvalue weighted by Crippen LogP contribution is -2.48. The van der Waals surface area contributed by atoms with Gasteiger partial charge in [-0.3, -0.25) is 13.9 Å². The molecular weight excluding hydrogens is 514 g/mol. The summed E-state index contributed by atoms with van der Waals surface area (Å²) in [7, 11) is -2.04. The highest BCUT2D eigenvalue weighted by Gasteiger charge is 2.27. The van der Waals surface area contributed by atoms with Crippen molar-refractivity contribution in [3.8, 4) is 5.75 Å². The molecule has 0 saturated carbocycles. The Hall–Kier alpha value is -2.78. The fraction of sp³-hybridized carbons (Fsp3) is 0.481. The van der Waals surface area contributed by atoms with Crippen molar-refractivity contribution in [3.63, 3.8) is 0 Å². The molecule has 0 fully saturated rings. The summed E-state index contributed by atoms with van der Waals surface area (Å²) in [4.78, 5) is 27.8. The summed E-state index contributed by atoms with van der Waals surface area (Å²) < 4.78 is 31.7. The first-order valence-electron chi connectivity index (χ1n) is 12.3. The van der Waals surface area contributed by atoms with Gasteiger partial charge in [0.1, 0.15) is 11.8 Å². The molecule has 0 aliphatic carbocycles. The highest BCUT2D eigenvalue weighted by Crippen LogP contribution is 2.27. The van der Waals surface area contributed by atoms with Crippen molar-refractivity contribution in [1.29, 1.82) is 0 Å². The Bertz CT molecular complexity index is 1190. The summed E-state index contributed by atoms with van der Waals surface area (Å²) in [5.41, 5.74) is 2.07. The van der Waals surface area contributed by atoms with Crippen molar-refractivity contribution >= 4 is 39.1 Å². The Kier molecular flexibility index (Phi) is 11.3. The average molecular weight is 552 g/mol. The average Bonchev–Trinajstić information content (AvgIpc) is 2.84. The maximum absolute atomic E-state index is 13.4. The lowest BCUT2D eigenvalue weighted by molar-refractivity contribution is -0.140. The number of ether oxygens (including phenoxy) is 1. The largest absolute Gasteiger partial charge is 0.497 e. The van der Waals surface area contributed by atoms with Crippen molar-refractivity contribution < 1.29 is 22.7 Å². The van der Waals surface area contributed by atoms with E-state index in [1.165, 1.54) is 9.21 Å². The second kappa shape index (κ2) is 13.7. The number of nitrogens with zero attached hydrogens (tertiary/aromatic N) is 2.